The Hall–Kier alpha value is -4.35. The van der Waals surface area contributed by atoms with E-state index in [2.05, 4.69) is 53.6 Å². The molecule has 2 spiro atoms. The second kappa shape index (κ2) is 15.6. The molecular weight excluding hydrogens is 904 g/mol. The first-order valence-electron chi connectivity index (χ1n) is 21.5. The van der Waals surface area contributed by atoms with Crippen molar-refractivity contribution in [3.8, 4) is 0 Å². The van der Waals surface area contributed by atoms with Crippen LogP contribution in [0.2, 0.25) is 10.0 Å². The van der Waals surface area contributed by atoms with E-state index in [0.717, 1.165) is 41.4 Å². The fourth-order valence-corrected chi connectivity index (χ4v) is 17.9. The van der Waals surface area contributed by atoms with Crippen LogP contribution in [0, 0.1) is 33.5 Å². The van der Waals surface area contributed by atoms with Crippen molar-refractivity contribution >= 4 is 91.0 Å². The predicted molar refractivity (Wildman–Crippen MR) is 244 cm³/mol. The molecule has 2 saturated heterocycles. The van der Waals surface area contributed by atoms with E-state index < -0.39 is 48.5 Å². The van der Waals surface area contributed by atoms with Crippen LogP contribution >= 0.6 is 23.2 Å². The van der Waals surface area contributed by atoms with Crippen LogP contribution in [-0.2, 0) is 34.4 Å². The van der Waals surface area contributed by atoms with Crippen molar-refractivity contribution in [3.63, 3.8) is 0 Å². The normalized spacial score (nSPS) is 35.3. The minimum absolute atomic E-state index is 0.00614. The van der Waals surface area contributed by atoms with Crippen LogP contribution in [0.1, 0.15) is 92.9 Å². The van der Waals surface area contributed by atoms with Gasteiger partial charge in [0.1, 0.15) is 11.1 Å². The van der Waals surface area contributed by atoms with Gasteiger partial charge in [0.05, 0.1) is 29.3 Å². The SMILES string of the molecule is CC1(C)C2CC[C@]13CS(=O)(=O)N(C(=O)[C@@]1(C)CC=NN1)[C@@H]3C2.CC1(C)C2CC[C@]13CS(=O)(=O)N(C(=O)[C@@]1(C)CC=NN1C(=O)Nc1ccc(Cl)cc1)[C@@H]3C2.O=C=Nc1ccc(Cl)cc1. The van der Waals surface area contributed by atoms with Gasteiger partial charge in [0.25, 0.3) is 11.8 Å². The molecule has 2 N–H and O–H groups in total. The molecule has 2 aromatic carbocycles. The number of carbonyl (C=O) groups is 3. The molecule has 20 heteroatoms. The van der Waals surface area contributed by atoms with Gasteiger partial charge >= 0.3 is 6.03 Å². The molecular formula is C44H54Cl2N8O8S2. The van der Waals surface area contributed by atoms with Gasteiger partial charge in [-0.25, -0.2) is 35.0 Å². The first-order valence-corrected chi connectivity index (χ1v) is 25.5. The van der Waals surface area contributed by atoms with Crippen LogP contribution in [0.4, 0.5) is 16.2 Å². The lowest BCUT2D eigenvalue weighted by Gasteiger charge is -2.39. The van der Waals surface area contributed by atoms with Crippen LogP contribution < -0.4 is 10.7 Å². The number of amides is 4. The number of nitrogens with one attached hydrogen (secondary N) is 2. The lowest BCUT2D eigenvalue weighted by Crippen LogP contribution is -2.59. The number of benzene rings is 2. The Labute approximate surface area is 384 Å². The van der Waals surface area contributed by atoms with Gasteiger partial charge in [-0.3, -0.25) is 15.0 Å². The molecule has 2 aromatic rings. The molecule has 64 heavy (non-hydrogen) atoms. The Morgan fingerprint density at radius 1 is 0.750 bits per heavy atom. The molecule has 4 amide bonds. The number of sulfonamides is 2. The highest BCUT2D eigenvalue weighted by Gasteiger charge is 2.74. The molecule has 8 aliphatic rings. The number of fused-ring (bicyclic) bond motifs is 2. The second-order valence-electron chi connectivity index (χ2n) is 20.1. The second-order valence-corrected chi connectivity index (χ2v) is 24.7. The van der Waals surface area contributed by atoms with Crippen LogP contribution in [0.5, 0.6) is 0 Å². The monoisotopic (exact) mass is 956 g/mol. The summed E-state index contributed by atoms with van der Waals surface area (Å²) < 4.78 is 54.6. The standard InChI is InChI=1S/C22H27ClN4O4S.C15H23N3O3S.C7H4ClNO/c1-20(2)14-8-9-22(20)13-32(30,31)26(17(22)12-14)18(28)21(3)10-11-24-27(21)19(29)25-16-6-4-15(23)5-7-16;1-13(2)10-4-5-15(13)9-22(20,21)18(11(15)8-10)12(19)14(3)6-7-16-17-14;8-6-1-3-7(4-2-6)9-5-10/h4-7,11,14,17H,8-10,12-13H2,1-3H3,(H,25,29);7,10-11,17H,4-6,8-9H2,1-3H3;1-4H/t14?,17-,21-,22-;10?,11-,14-,15-;/m11./s1. The minimum Gasteiger partial charge on any atom is -0.306 e. The van der Waals surface area contributed by atoms with E-state index in [9.17, 15) is 36.0 Å². The van der Waals surface area contributed by atoms with Gasteiger partial charge < -0.3 is 5.32 Å². The summed E-state index contributed by atoms with van der Waals surface area (Å²) in [5.41, 5.74) is 0.696. The number of anilines is 1. The first kappa shape index (κ1) is 46.2. The number of rotatable bonds is 4. The van der Waals surface area contributed by atoms with Crippen molar-refractivity contribution in [1.29, 1.82) is 0 Å². The summed E-state index contributed by atoms with van der Waals surface area (Å²) in [6, 6.07) is 12.1. The van der Waals surface area contributed by atoms with Crippen molar-refractivity contribution < 1.29 is 36.0 Å². The van der Waals surface area contributed by atoms with Crippen molar-refractivity contribution in [2.24, 2.45) is 48.7 Å². The molecule has 10 rings (SSSR count). The topological polar surface area (TPSA) is 207 Å². The van der Waals surface area contributed by atoms with Crippen molar-refractivity contribution in [2.45, 2.75) is 116 Å². The van der Waals surface area contributed by atoms with Crippen molar-refractivity contribution in [3.05, 3.63) is 58.6 Å². The highest BCUT2D eigenvalue weighted by atomic mass is 35.5. The number of urea groups is 1. The molecule has 16 nitrogen and oxygen atoms in total. The number of halogens is 2. The first-order chi connectivity index (χ1) is 29.9. The van der Waals surface area contributed by atoms with E-state index >= 15 is 0 Å². The average Bonchev–Trinajstić information content (AvgIpc) is 4.09. The number of isocyanates is 1. The van der Waals surface area contributed by atoms with E-state index in [1.54, 1.807) is 68.6 Å². The molecule has 344 valence electrons. The summed E-state index contributed by atoms with van der Waals surface area (Å²) in [5.74, 6) is 0.117. The minimum atomic E-state index is -3.79. The quantitative estimate of drug-likeness (QED) is 0.237. The van der Waals surface area contributed by atoms with Crippen LogP contribution in [-0.4, -0.2) is 101 Å². The zero-order chi connectivity index (χ0) is 46.5. The zero-order valence-corrected chi connectivity index (χ0v) is 39.8. The zero-order valence-electron chi connectivity index (χ0n) is 36.7. The molecule has 8 atom stereocenters. The molecule has 4 aliphatic carbocycles. The summed E-state index contributed by atoms with van der Waals surface area (Å²) in [5, 5.41) is 13.0. The third-order valence-corrected chi connectivity index (χ3v) is 20.8. The van der Waals surface area contributed by atoms with Gasteiger partial charge in [-0.05, 0) is 124 Å². The lowest BCUT2D eigenvalue weighted by atomic mass is 9.69. The van der Waals surface area contributed by atoms with Gasteiger partial charge in [-0.15, -0.1) is 0 Å². The van der Waals surface area contributed by atoms with Crippen molar-refractivity contribution in [1.82, 2.24) is 19.0 Å². The van der Waals surface area contributed by atoms with E-state index in [1.165, 1.54) is 16.6 Å². The number of carbonyl (C=O) groups excluding carboxylic acids is 4. The van der Waals surface area contributed by atoms with Crippen LogP contribution in [0.3, 0.4) is 0 Å². The summed E-state index contributed by atoms with van der Waals surface area (Å²) in [4.78, 5) is 53.0. The Morgan fingerprint density at radius 3 is 1.72 bits per heavy atom. The van der Waals surface area contributed by atoms with E-state index in [1.807, 2.05) is 0 Å². The maximum atomic E-state index is 13.9. The molecule has 6 fully saturated rings. The molecule has 0 radical (unpaired) electrons. The number of hydrogen-bond acceptors (Lipinski definition) is 12. The summed E-state index contributed by atoms with van der Waals surface area (Å²) >= 11 is 11.5. The maximum Gasteiger partial charge on any atom is 0.343 e. The predicted octanol–water partition coefficient (Wildman–Crippen LogP) is 7.09. The highest BCUT2D eigenvalue weighted by molar-refractivity contribution is 7.90. The lowest BCUT2D eigenvalue weighted by molar-refractivity contribution is -0.138. The van der Waals surface area contributed by atoms with E-state index in [4.69, 9.17) is 23.2 Å². The van der Waals surface area contributed by atoms with E-state index in [0.29, 0.717) is 46.1 Å². The Balaban J connectivity index is 0.000000150. The van der Waals surface area contributed by atoms with Crippen LogP contribution in [0.25, 0.3) is 0 Å². The largest absolute Gasteiger partial charge is 0.343 e. The van der Waals surface area contributed by atoms with Gasteiger partial charge in [0, 0.05) is 51.8 Å². The molecule has 4 bridgehead atoms. The smallest absolute Gasteiger partial charge is 0.306 e. The maximum absolute atomic E-state index is 13.9. The number of aliphatic imine (C=N–C) groups is 1. The molecule has 0 aromatic heterocycles. The van der Waals surface area contributed by atoms with Gasteiger partial charge in [-0.1, -0.05) is 50.9 Å². The van der Waals surface area contributed by atoms with Crippen LogP contribution in [0.15, 0.2) is 63.7 Å². The van der Waals surface area contributed by atoms with Crippen molar-refractivity contribution in [2.75, 3.05) is 16.8 Å². The van der Waals surface area contributed by atoms with Gasteiger partial charge in [-0.2, -0.15) is 20.2 Å². The molecule has 4 aliphatic heterocycles. The summed E-state index contributed by atoms with van der Waals surface area (Å²) in [6.45, 7) is 12.0. The average molecular weight is 958 g/mol. The fourth-order valence-electron chi connectivity index (χ4n) is 12.4. The number of nitrogens with zero attached hydrogens (tertiary/aromatic N) is 6. The third kappa shape index (κ3) is 6.99. The molecule has 4 saturated carbocycles. The molecule has 2 unspecified atom stereocenters. The van der Waals surface area contributed by atoms with Gasteiger partial charge in [0.15, 0.2) is 0 Å². The Kier molecular flexibility index (Phi) is 11.3. The van der Waals surface area contributed by atoms with Gasteiger partial charge in [0.2, 0.25) is 26.1 Å². The highest BCUT2D eigenvalue weighted by Crippen LogP contribution is 2.71. The number of hydrogen-bond donors (Lipinski definition) is 2. The number of hydrazone groups is 2. The third-order valence-electron chi connectivity index (χ3n) is 16.5. The summed E-state index contributed by atoms with van der Waals surface area (Å²) in [6.07, 6.45) is 10.5. The van der Waals surface area contributed by atoms with E-state index in [-0.39, 0.29) is 52.2 Å². The fraction of sp³-hybridized carbons (Fsp3) is 0.591. The molecule has 4 heterocycles. The Morgan fingerprint density at radius 2 is 1.25 bits per heavy atom. The summed E-state index contributed by atoms with van der Waals surface area (Å²) in [7, 11) is -7.34. The Bertz CT molecular complexity index is 2600.